The van der Waals surface area contributed by atoms with Crippen LogP contribution in [0.4, 0.5) is 0 Å². The van der Waals surface area contributed by atoms with Gasteiger partial charge in [0.05, 0.1) is 11.6 Å². The monoisotopic (exact) mass is 238 g/mol. The van der Waals surface area contributed by atoms with Gasteiger partial charge in [-0.25, -0.2) is 0 Å². The third-order valence-electron chi connectivity index (χ3n) is 2.91. The van der Waals surface area contributed by atoms with Crippen LogP contribution in [0.5, 0.6) is 0 Å². The number of hydrogen-bond acceptors (Lipinski definition) is 2. The highest BCUT2D eigenvalue weighted by Gasteiger charge is 1.99. The fourth-order valence-electron chi connectivity index (χ4n) is 1.97. The van der Waals surface area contributed by atoms with Crippen LogP contribution in [0.2, 0.25) is 0 Å². The Labute approximate surface area is 108 Å². The summed E-state index contributed by atoms with van der Waals surface area (Å²) < 4.78 is 0. The molecule has 0 bridgehead atoms. The lowest BCUT2D eigenvalue weighted by molar-refractivity contribution is 0.720. The van der Waals surface area contributed by atoms with Crippen molar-refractivity contribution >= 4 is 10.9 Å². The molecule has 18 heavy (non-hydrogen) atoms. The molecule has 1 unspecified atom stereocenters. The van der Waals surface area contributed by atoms with Crippen molar-refractivity contribution < 1.29 is 0 Å². The second-order valence-electron chi connectivity index (χ2n) is 4.38. The van der Waals surface area contributed by atoms with Crippen LogP contribution in [0.1, 0.15) is 25.3 Å². The highest BCUT2D eigenvalue weighted by molar-refractivity contribution is 5.82. The zero-order chi connectivity index (χ0) is 12.8. The molecule has 92 valence electrons. The number of hydrogen-bond donors (Lipinski definition) is 1. The van der Waals surface area contributed by atoms with Crippen LogP contribution in [-0.4, -0.2) is 11.0 Å². The maximum absolute atomic E-state index is 5.88. The van der Waals surface area contributed by atoms with Crippen molar-refractivity contribution in [2.24, 2.45) is 5.73 Å². The number of fused-ring (bicyclic) bond motifs is 1. The van der Waals surface area contributed by atoms with E-state index in [2.05, 4.69) is 29.8 Å². The second-order valence-corrected chi connectivity index (χ2v) is 4.38. The largest absolute Gasteiger partial charge is 0.318 e. The van der Waals surface area contributed by atoms with Gasteiger partial charge in [-0.2, -0.15) is 0 Å². The Hall–Kier alpha value is -1.85. The van der Waals surface area contributed by atoms with Crippen LogP contribution in [-0.2, 0) is 6.42 Å². The van der Waals surface area contributed by atoms with Crippen molar-refractivity contribution in [2.75, 3.05) is 0 Å². The van der Waals surface area contributed by atoms with Gasteiger partial charge in [-0.15, -0.1) is 0 Å². The average Bonchev–Trinajstić information content (AvgIpc) is 2.39. The smallest absolute Gasteiger partial charge is 0.0705 e. The summed E-state index contributed by atoms with van der Waals surface area (Å²) in [5.41, 5.74) is 8.12. The number of pyridine rings is 1. The maximum atomic E-state index is 5.88. The molecule has 1 aromatic carbocycles. The van der Waals surface area contributed by atoms with Crippen LogP contribution in [0.15, 0.2) is 36.5 Å². The Kier molecular flexibility index (Phi) is 4.33. The molecular weight excluding hydrogens is 220 g/mol. The zero-order valence-corrected chi connectivity index (χ0v) is 10.7. The number of nitrogens with zero attached hydrogens (tertiary/aromatic N) is 1. The van der Waals surface area contributed by atoms with Gasteiger partial charge < -0.3 is 5.73 Å². The van der Waals surface area contributed by atoms with E-state index in [0.717, 1.165) is 24.8 Å². The van der Waals surface area contributed by atoms with Crippen molar-refractivity contribution in [3.8, 4) is 11.8 Å². The molecule has 0 aliphatic rings. The molecule has 2 nitrogen and oxygen atoms in total. The minimum atomic E-state index is 0.00287. The normalized spacial score (nSPS) is 11.9. The molecule has 0 spiro atoms. The Balaban J connectivity index is 2.17. The predicted octanol–water partition coefficient (Wildman–Crippen LogP) is 2.91. The first-order chi connectivity index (χ1) is 8.81. The van der Waals surface area contributed by atoms with E-state index in [4.69, 9.17) is 5.73 Å². The lowest BCUT2D eigenvalue weighted by Gasteiger charge is -2.02. The summed E-state index contributed by atoms with van der Waals surface area (Å²) in [4.78, 5) is 4.34. The van der Waals surface area contributed by atoms with Crippen molar-refractivity contribution in [3.63, 3.8) is 0 Å². The summed E-state index contributed by atoms with van der Waals surface area (Å²) in [5, 5.41) is 1.18. The third kappa shape index (κ3) is 3.09. The molecular formula is C16H18N2. The predicted molar refractivity (Wildman–Crippen MR) is 76.1 cm³/mol. The zero-order valence-electron chi connectivity index (χ0n) is 10.7. The molecule has 2 N–H and O–H groups in total. The summed E-state index contributed by atoms with van der Waals surface area (Å²) >= 11 is 0. The fraction of sp³-hybridized carbons (Fsp3) is 0.312. The first-order valence-electron chi connectivity index (χ1n) is 6.38. The maximum Gasteiger partial charge on any atom is 0.0705 e. The van der Waals surface area contributed by atoms with E-state index in [0.29, 0.717) is 0 Å². The molecule has 1 heterocycles. The first-order valence-corrected chi connectivity index (χ1v) is 6.38. The van der Waals surface area contributed by atoms with E-state index in [1.165, 1.54) is 10.9 Å². The van der Waals surface area contributed by atoms with Crippen LogP contribution >= 0.6 is 0 Å². The molecule has 0 saturated heterocycles. The van der Waals surface area contributed by atoms with E-state index in [9.17, 15) is 0 Å². The number of nitrogens with two attached hydrogens (primary N) is 1. The minimum Gasteiger partial charge on any atom is -0.318 e. The topological polar surface area (TPSA) is 38.9 Å². The van der Waals surface area contributed by atoms with Gasteiger partial charge in [0.2, 0.25) is 0 Å². The molecule has 0 aliphatic carbocycles. The quantitative estimate of drug-likeness (QED) is 0.835. The van der Waals surface area contributed by atoms with Gasteiger partial charge in [0, 0.05) is 18.0 Å². The summed E-state index contributed by atoms with van der Waals surface area (Å²) in [6, 6.07) is 10.2. The average molecular weight is 238 g/mol. The summed E-state index contributed by atoms with van der Waals surface area (Å²) in [7, 11) is 0. The van der Waals surface area contributed by atoms with E-state index in [1.807, 2.05) is 30.5 Å². The summed E-state index contributed by atoms with van der Waals surface area (Å²) in [5.74, 6) is 6.28. The molecule has 0 fully saturated rings. The molecule has 1 atom stereocenters. The second kappa shape index (κ2) is 6.18. The van der Waals surface area contributed by atoms with Crippen LogP contribution in [0.25, 0.3) is 10.9 Å². The molecule has 0 aliphatic heterocycles. The van der Waals surface area contributed by atoms with Gasteiger partial charge in [0.25, 0.3) is 0 Å². The van der Waals surface area contributed by atoms with Gasteiger partial charge in [-0.05, 0) is 24.1 Å². The third-order valence-corrected chi connectivity index (χ3v) is 2.91. The first kappa shape index (κ1) is 12.6. The van der Waals surface area contributed by atoms with Crippen molar-refractivity contribution in [1.82, 2.24) is 4.98 Å². The number of rotatable bonds is 3. The molecule has 0 saturated carbocycles. The minimum absolute atomic E-state index is 0.00287. The van der Waals surface area contributed by atoms with Crippen molar-refractivity contribution in [2.45, 2.75) is 32.2 Å². The molecule has 2 rings (SSSR count). The fourth-order valence-corrected chi connectivity index (χ4v) is 1.97. The van der Waals surface area contributed by atoms with E-state index in [1.54, 1.807) is 0 Å². The highest BCUT2D eigenvalue weighted by atomic mass is 14.6. The van der Waals surface area contributed by atoms with Gasteiger partial charge in [0.15, 0.2) is 0 Å². The van der Waals surface area contributed by atoms with Crippen molar-refractivity contribution in [1.29, 1.82) is 0 Å². The van der Waals surface area contributed by atoms with Crippen LogP contribution in [0.3, 0.4) is 0 Å². The van der Waals surface area contributed by atoms with Gasteiger partial charge >= 0.3 is 0 Å². The van der Waals surface area contributed by atoms with E-state index in [-0.39, 0.29) is 6.04 Å². The number of aromatic nitrogens is 1. The molecule has 0 radical (unpaired) electrons. The Morgan fingerprint density at radius 2 is 2.11 bits per heavy atom. The molecule has 2 heteroatoms. The van der Waals surface area contributed by atoms with E-state index < -0.39 is 0 Å². The van der Waals surface area contributed by atoms with Crippen LogP contribution in [0, 0.1) is 11.8 Å². The highest BCUT2D eigenvalue weighted by Crippen LogP contribution is 2.16. The molecule has 1 aromatic heterocycles. The standard InChI is InChI=1S/C16H18N2/c1-2-6-14(17)8-5-7-13-11-12-18-16-10-4-3-9-15(13)16/h3-4,9-12,14H,2,6-7,17H2,1H3. The van der Waals surface area contributed by atoms with Gasteiger partial charge in [-0.3, -0.25) is 4.98 Å². The lowest BCUT2D eigenvalue weighted by atomic mass is 10.1. The number of benzene rings is 1. The number of para-hydroxylation sites is 1. The Morgan fingerprint density at radius 1 is 1.28 bits per heavy atom. The Bertz CT molecular complexity index is 573. The molecule has 0 amide bonds. The van der Waals surface area contributed by atoms with Crippen molar-refractivity contribution in [3.05, 3.63) is 42.1 Å². The van der Waals surface area contributed by atoms with Gasteiger partial charge in [-0.1, -0.05) is 43.4 Å². The summed E-state index contributed by atoms with van der Waals surface area (Å²) in [6.07, 6.45) is 4.61. The summed E-state index contributed by atoms with van der Waals surface area (Å²) in [6.45, 7) is 2.12. The Morgan fingerprint density at radius 3 is 2.94 bits per heavy atom. The van der Waals surface area contributed by atoms with Crippen LogP contribution < -0.4 is 5.73 Å². The SMILES string of the molecule is CCCC(N)C#CCc1ccnc2ccccc12. The van der Waals surface area contributed by atoms with E-state index >= 15 is 0 Å². The molecule has 2 aromatic rings. The van der Waals surface area contributed by atoms with Gasteiger partial charge in [0.1, 0.15) is 0 Å². The lowest BCUT2D eigenvalue weighted by Crippen LogP contribution is -2.16.